The topological polar surface area (TPSA) is 96.0 Å². The standard InChI is InChI=1S/C19H25N3O5S/c23-18(7-8-19(24)21-11-13-27-14-12-21)20-16-5-4-6-17(15-16)28(25,26)22-9-2-1-3-10-22/h4-8,15H,1-3,9-14H2,(H,20,23)/b8-7+. The number of carbonyl (C=O) groups is 2. The molecule has 1 aromatic rings. The number of sulfonamides is 1. The van der Waals surface area contributed by atoms with Crippen molar-refractivity contribution in [1.82, 2.24) is 9.21 Å². The van der Waals surface area contributed by atoms with Gasteiger partial charge in [0.25, 0.3) is 0 Å². The van der Waals surface area contributed by atoms with Gasteiger partial charge in [0.15, 0.2) is 0 Å². The molecule has 0 aromatic heterocycles. The van der Waals surface area contributed by atoms with Gasteiger partial charge in [-0.3, -0.25) is 9.59 Å². The van der Waals surface area contributed by atoms with Gasteiger partial charge in [-0.25, -0.2) is 8.42 Å². The number of nitrogens with one attached hydrogen (secondary N) is 1. The highest BCUT2D eigenvalue weighted by Gasteiger charge is 2.26. The number of carbonyl (C=O) groups excluding carboxylic acids is 2. The van der Waals surface area contributed by atoms with Crippen molar-refractivity contribution in [3.63, 3.8) is 0 Å². The van der Waals surface area contributed by atoms with E-state index >= 15 is 0 Å². The minimum Gasteiger partial charge on any atom is -0.378 e. The number of ether oxygens (including phenoxy) is 1. The van der Waals surface area contributed by atoms with E-state index < -0.39 is 15.9 Å². The SMILES string of the molecule is O=C(/C=C/C(=O)N1CCOCC1)Nc1cccc(S(=O)(=O)N2CCCCC2)c1. The van der Waals surface area contributed by atoms with Gasteiger partial charge in [-0.15, -0.1) is 0 Å². The molecule has 2 heterocycles. The van der Waals surface area contributed by atoms with Gasteiger partial charge in [0.1, 0.15) is 0 Å². The second-order valence-electron chi connectivity index (χ2n) is 6.75. The van der Waals surface area contributed by atoms with Crippen molar-refractivity contribution >= 4 is 27.5 Å². The lowest BCUT2D eigenvalue weighted by molar-refractivity contribution is -0.130. The molecule has 28 heavy (non-hydrogen) atoms. The molecule has 2 amide bonds. The van der Waals surface area contributed by atoms with Crippen LogP contribution in [-0.4, -0.2) is 68.8 Å². The largest absolute Gasteiger partial charge is 0.378 e. The number of hydrogen-bond acceptors (Lipinski definition) is 5. The van der Waals surface area contributed by atoms with Crippen LogP contribution in [0.5, 0.6) is 0 Å². The number of rotatable bonds is 5. The first-order chi connectivity index (χ1) is 13.5. The molecule has 1 aromatic carbocycles. The first-order valence-electron chi connectivity index (χ1n) is 9.43. The molecule has 152 valence electrons. The second-order valence-corrected chi connectivity index (χ2v) is 8.69. The van der Waals surface area contributed by atoms with E-state index in [0.29, 0.717) is 45.1 Å². The summed E-state index contributed by atoms with van der Waals surface area (Å²) in [6, 6.07) is 6.18. The molecule has 0 aliphatic carbocycles. The molecule has 0 saturated carbocycles. The van der Waals surface area contributed by atoms with Gasteiger partial charge in [-0.05, 0) is 31.0 Å². The minimum absolute atomic E-state index is 0.153. The highest BCUT2D eigenvalue weighted by atomic mass is 32.2. The molecule has 2 aliphatic heterocycles. The fraction of sp³-hybridized carbons (Fsp3) is 0.474. The van der Waals surface area contributed by atoms with Crippen LogP contribution in [-0.2, 0) is 24.3 Å². The third-order valence-corrected chi connectivity index (χ3v) is 6.65. The summed E-state index contributed by atoms with van der Waals surface area (Å²) in [5.41, 5.74) is 0.367. The Morgan fingerprint density at radius 1 is 1.00 bits per heavy atom. The number of amides is 2. The van der Waals surface area contributed by atoms with E-state index in [1.165, 1.54) is 22.5 Å². The van der Waals surface area contributed by atoms with E-state index in [9.17, 15) is 18.0 Å². The number of morpholine rings is 1. The molecular formula is C19H25N3O5S. The van der Waals surface area contributed by atoms with Crippen molar-refractivity contribution in [3.05, 3.63) is 36.4 Å². The summed E-state index contributed by atoms with van der Waals surface area (Å²) in [4.78, 5) is 25.9. The monoisotopic (exact) mass is 407 g/mol. The lowest BCUT2D eigenvalue weighted by Crippen LogP contribution is -2.39. The summed E-state index contributed by atoms with van der Waals surface area (Å²) in [7, 11) is -3.57. The maximum Gasteiger partial charge on any atom is 0.248 e. The molecule has 9 heteroatoms. The van der Waals surface area contributed by atoms with Gasteiger partial charge in [0, 0.05) is 44.0 Å². The van der Waals surface area contributed by atoms with E-state index in [1.54, 1.807) is 17.0 Å². The highest BCUT2D eigenvalue weighted by molar-refractivity contribution is 7.89. The van der Waals surface area contributed by atoms with Crippen molar-refractivity contribution in [2.45, 2.75) is 24.2 Å². The van der Waals surface area contributed by atoms with E-state index in [4.69, 9.17) is 4.74 Å². The van der Waals surface area contributed by atoms with Crippen molar-refractivity contribution in [1.29, 1.82) is 0 Å². The fourth-order valence-electron chi connectivity index (χ4n) is 3.21. The average Bonchev–Trinajstić information content (AvgIpc) is 2.73. The average molecular weight is 407 g/mol. The van der Waals surface area contributed by atoms with E-state index in [1.807, 2.05) is 0 Å². The zero-order valence-corrected chi connectivity index (χ0v) is 16.5. The summed E-state index contributed by atoms with van der Waals surface area (Å²) in [5.74, 6) is -0.742. The molecule has 0 spiro atoms. The zero-order valence-electron chi connectivity index (χ0n) is 15.7. The molecule has 1 N–H and O–H groups in total. The van der Waals surface area contributed by atoms with Crippen LogP contribution in [0.1, 0.15) is 19.3 Å². The van der Waals surface area contributed by atoms with Crippen LogP contribution < -0.4 is 5.32 Å². The number of nitrogens with zero attached hydrogens (tertiary/aromatic N) is 2. The van der Waals surface area contributed by atoms with Crippen LogP contribution in [0, 0.1) is 0 Å². The zero-order chi connectivity index (χ0) is 20.0. The summed E-state index contributed by atoms with van der Waals surface area (Å²) in [6.07, 6.45) is 5.13. The quantitative estimate of drug-likeness (QED) is 0.741. The molecule has 2 saturated heterocycles. The Hall–Kier alpha value is -2.23. The van der Waals surface area contributed by atoms with Gasteiger partial charge >= 0.3 is 0 Å². The van der Waals surface area contributed by atoms with E-state index in [0.717, 1.165) is 25.3 Å². The Morgan fingerprint density at radius 3 is 2.43 bits per heavy atom. The molecular weight excluding hydrogens is 382 g/mol. The first-order valence-corrected chi connectivity index (χ1v) is 10.9. The molecule has 0 radical (unpaired) electrons. The summed E-state index contributed by atoms with van der Waals surface area (Å²) in [5, 5.41) is 2.61. The van der Waals surface area contributed by atoms with Crippen molar-refractivity contribution < 1.29 is 22.7 Å². The lowest BCUT2D eigenvalue weighted by Gasteiger charge is -2.26. The van der Waals surface area contributed by atoms with E-state index in [-0.39, 0.29) is 10.8 Å². The van der Waals surface area contributed by atoms with Crippen molar-refractivity contribution in [3.8, 4) is 0 Å². The lowest BCUT2D eigenvalue weighted by atomic mass is 10.2. The number of anilines is 1. The van der Waals surface area contributed by atoms with Gasteiger partial charge in [0.2, 0.25) is 21.8 Å². The third-order valence-electron chi connectivity index (χ3n) is 4.75. The van der Waals surface area contributed by atoms with Gasteiger partial charge in [-0.2, -0.15) is 4.31 Å². The maximum atomic E-state index is 12.8. The van der Waals surface area contributed by atoms with Crippen LogP contribution in [0.3, 0.4) is 0 Å². The highest BCUT2D eigenvalue weighted by Crippen LogP contribution is 2.22. The molecule has 8 nitrogen and oxygen atoms in total. The molecule has 2 aliphatic rings. The molecule has 2 fully saturated rings. The van der Waals surface area contributed by atoms with Crippen LogP contribution in [0.4, 0.5) is 5.69 Å². The second kappa shape index (κ2) is 9.31. The normalized spacial score (nSPS) is 18.9. The van der Waals surface area contributed by atoms with Crippen LogP contribution in [0.25, 0.3) is 0 Å². The van der Waals surface area contributed by atoms with E-state index in [2.05, 4.69) is 5.32 Å². The maximum absolute atomic E-state index is 12.8. The summed E-state index contributed by atoms with van der Waals surface area (Å²) < 4.78 is 32.2. The summed E-state index contributed by atoms with van der Waals surface area (Å²) in [6.45, 7) is 3.02. The van der Waals surface area contributed by atoms with Crippen LogP contribution >= 0.6 is 0 Å². The van der Waals surface area contributed by atoms with Gasteiger partial charge < -0.3 is 15.0 Å². The van der Waals surface area contributed by atoms with Crippen LogP contribution in [0.2, 0.25) is 0 Å². The van der Waals surface area contributed by atoms with Gasteiger partial charge in [-0.1, -0.05) is 12.5 Å². The Bertz CT molecular complexity index is 841. The smallest absolute Gasteiger partial charge is 0.248 e. The van der Waals surface area contributed by atoms with Crippen molar-refractivity contribution in [2.75, 3.05) is 44.7 Å². The fourth-order valence-corrected chi connectivity index (χ4v) is 4.77. The summed E-state index contributed by atoms with van der Waals surface area (Å²) >= 11 is 0. The molecule has 3 rings (SSSR count). The Morgan fingerprint density at radius 2 is 1.71 bits per heavy atom. The van der Waals surface area contributed by atoms with Crippen LogP contribution in [0.15, 0.2) is 41.3 Å². The van der Waals surface area contributed by atoms with Crippen molar-refractivity contribution in [2.24, 2.45) is 0 Å². The van der Waals surface area contributed by atoms with Gasteiger partial charge in [0.05, 0.1) is 18.1 Å². The first kappa shape index (κ1) is 20.5. The third kappa shape index (κ3) is 5.18. The Balaban J connectivity index is 1.62. The Kier molecular flexibility index (Phi) is 6.82. The number of piperidine rings is 1. The number of benzene rings is 1. The molecule has 0 atom stereocenters. The molecule has 0 bridgehead atoms. The predicted octanol–water partition coefficient (Wildman–Crippen LogP) is 1.21. The molecule has 0 unspecified atom stereocenters. The number of hydrogen-bond donors (Lipinski definition) is 1. The predicted molar refractivity (Wildman–Crippen MR) is 104 cm³/mol. The minimum atomic E-state index is -3.57. The Labute approximate surface area is 165 Å².